The first-order chi connectivity index (χ1) is 17.7. The Bertz CT molecular complexity index is 1430. The molecule has 0 fully saturated rings. The Morgan fingerprint density at radius 2 is 1.57 bits per heavy atom. The van der Waals surface area contributed by atoms with E-state index in [0.717, 1.165) is 36.8 Å². The molecule has 0 atom stereocenters. The highest BCUT2D eigenvalue weighted by Gasteiger charge is 2.27. The van der Waals surface area contributed by atoms with Crippen LogP contribution in [0.1, 0.15) is 44.0 Å². The number of methoxy groups -OCH3 is 2. The van der Waals surface area contributed by atoms with Gasteiger partial charge < -0.3 is 14.8 Å². The van der Waals surface area contributed by atoms with E-state index >= 15 is 0 Å². The number of hydrogen-bond acceptors (Lipinski definition) is 8. The van der Waals surface area contributed by atoms with Crippen molar-refractivity contribution in [3.05, 3.63) is 70.1 Å². The van der Waals surface area contributed by atoms with Crippen molar-refractivity contribution < 1.29 is 32.3 Å². The first kappa shape index (κ1) is 26.2. The lowest BCUT2D eigenvalue weighted by Crippen LogP contribution is -2.31. The number of carbonyl (C=O) groups excluding carboxylic acids is 3. The molecule has 10 nitrogen and oxygen atoms in total. The van der Waals surface area contributed by atoms with Crippen molar-refractivity contribution in [2.75, 3.05) is 24.3 Å². The summed E-state index contributed by atoms with van der Waals surface area (Å²) in [4.78, 5) is 38.4. The average Bonchev–Trinajstić information content (AvgIpc) is 3.26. The summed E-state index contributed by atoms with van der Waals surface area (Å²) in [5, 5.41) is 5.29. The number of alkyl carbamates (subject to hydrolysis) is 1. The average molecular weight is 544 g/mol. The molecule has 3 amide bonds. The summed E-state index contributed by atoms with van der Waals surface area (Å²) >= 11 is 1.31. The van der Waals surface area contributed by atoms with Crippen LogP contribution in [0.5, 0.6) is 5.75 Å². The van der Waals surface area contributed by atoms with Gasteiger partial charge in [-0.05, 0) is 79.8 Å². The fourth-order valence-corrected chi connectivity index (χ4v) is 6.27. The standard InChI is InChI=1S/C25H25N3O7S2/c1-34-17-11-13-18(14-12-17)37(32,33)28-16-9-7-15(8-10-16)22(29)26-24-21(23(30)27-25(31)35-2)19-5-3-4-6-20(19)36-24/h7-14,28H,3-6H2,1-2H3,(H,26,29)(H,27,30,31). The maximum atomic E-state index is 13.0. The van der Waals surface area contributed by atoms with Crippen LogP contribution in [0.2, 0.25) is 0 Å². The van der Waals surface area contributed by atoms with Gasteiger partial charge in [0.05, 0.1) is 24.7 Å². The maximum Gasteiger partial charge on any atom is 0.413 e. The van der Waals surface area contributed by atoms with E-state index < -0.39 is 27.9 Å². The minimum Gasteiger partial charge on any atom is -0.497 e. The van der Waals surface area contributed by atoms with Crippen LogP contribution >= 0.6 is 11.3 Å². The Balaban J connectivity index is 1.50. The quantitative estimate of drug-likeness (QED) is 0.406. The van der Waals surface area contributed by atoms with E-state index in [0.29, 0.717) is 17.2 Å². The molecule has 1 aliphatic rings. The number of anilines is 2. The number of rotatable bonds is 7. The molecule has 4 rings (SSSR count). The molecule has 1 heterocycles. The normalized spacial score (nSPS) is 12.7. The summed E-state index contributed by atoms with van der Waals surface area (Å²) in [6.45, 7) is 0. The van der Waals surface area contributed by atoms with E-state index in [-0.39, 0.29) is 21.7 Å². The van der Waals surface area contributed by atoms with Crippen LogP contribution in [0, 0.1) is 0 Å². The van der Waals surface area contributed by atoms with Crippen molar-refractivity contribution >= 4 is 50.0 Å². The van der Waals surface area contributed by atoms with Crippen molar-refractivity contribution in [1.82, 2.24) is 5.32 Å². The third kappa shape index (κ3) is 5.92. The van der Waals surface area contributed by atoms with E-state index in [1.807, 2.05) is 0 Å². The maximum absolute atomic E-state index is 13.0. The number of carbonyl (C=O) groups is 3. The molecule has 3 N–H and O–H groups in total. The summed E-state index contributed by atoms with van der Waals surface area (Å²) in [6.07, 6.45) is 2.47. The lowest BCUT2D eigenvalue weighted by Gasteiger charge is -2.12. The Morgan fingerprint density at radius 1 is 0.892 bits per heavy atom. The van der Waals surface area contributed by atoms with Crippen molar-refractivity contribution in [1.29, 1.82) is 0 Å². The molecule has 12 heteroatoms. The molecule has 0 unspecified atom stereocenters. The lowest BCUT2D eigenvalue weighted by molar-refractivity contribution is 0.0937. The highest BCUT2D eigenvalue weighted by atomic mass is 32.2. The zero-order valence-electron chi connectivity index (χ0n) is 20.1. The van der Waals surface area contributed by atoms with Crippen molar-refractivity contribution in [2.24, 2.45) is 0 Å². The summed E-state index contributed by atoms with van der Waals surface area (Å²) < 4.78 is 37.4. The SMILES string of the molecule is COC(=O)NC(=O)c1c(NC(=O)c2ccc(NS(=O)(=O)c3ccc(OC)cc3)cc2)sc2c1CCCC2. The molecular weight excluding hydrogens is 518 g/mol. The Kier molecular flexibility index (Phi) is 7.79. The van der Waals surface area contributed by atoms with Crippen molar-refractivity contribution in [3.63, 3.8) is 0 Å². The summed E-state index contributed by atoms with van der Waals surface area (Å²) in [6, 6.07) is 11.8. The minimum absolute atomic E-state index is 0.0644. The molecule has 1 aliphatic carbocycles. The number of imide groups is 1. The van der Waals surface area contributed by atoms with Gasteiger partial charge in [-0.1, -0.05) is 0 Å². The summed E-state index contributed by atoms with van der Waals surface area (Å²) in [7, 11) is -1.18. The Morgan fingerprint density at radius 3 is 2.22 bits per heavy atom. The zero-order valence-corrected chi connectivity index (χ0v) is 21.8. The largest absolute Gasteiger partial charge is 0.497 e. The van der Waals surface area contributed by atoms with Crippen LogP contribution in [-0.2, 0) is 27.6 Å². The van der Waals surface area contributed by atoms with Gasteiger partial charge in [0, 0.05) is 16.1 Å². The highest BCUT2D eigenvalue weighted by Crippen LogP contribution is 2.38. The fraction of sp³-hybridized carbons (Fsp3) is 0.240. The van der Waals surface area contributed by atoms with Gasteiger partial charge in [0.2, 0.25) is 0 Å². The molecule has 1 aromatic heterocycles. The third-order valence-electron chi connectivity index (χ3n) is 5.80. The van der Waals surface area contributed by atoms with Gasteiger partial charge in [-0.25, -0.2) is 13.2 Å². The number of sulfonamides is 1. The van der Waals surface area contributed by atoms with Gasteiger partial charge in [0.15, 0.2) is 0 Å². The fourth-order valence-electron chi connectivity index (χ4n) is 3.93. The third-order valence-corrected chi connectivity index (χ3v) is 8.40. The Hall–Kier alpha value is -3.90. The second kappa shape index (κ2) is 11.0. The molecule has 0 saturated carbocycles. The zero-order chi connectivity index (χ0) is 26.6. The number of benzene rings is 2. The van der Waals surface area contributed by atoms with E-state index in [9.17, 15) is 22.8 Å². The monoisotopic (exact) mass is 543 g/mol. The summed E-state index contributed by atoms with van der Waals surface area (Å²) in [5.41, 5.74) is 1.63. The molecular formula is C25H25N3O7S2. The van der Waals surface area contributed by atoms with Crippen molar-refractivity contribution in [3.8, 4) is 5.75 Å². The second-order valence-electron chi connectivity index (χ2n) is 8.17. The number of hydrogen-bond donors (Lipinski definition) is 3. The van der Waals surface area contributed by atoms with Gasteiger partial charge in [-0.3, -0.25) is 19.6 Å². The molecule has 3 aromatic rings. The molecule has 0 saturated heterocycles. The first-order valence-electron chi connectivity index (χ1n) is 11.3. The van der Waals surface area contributed by atoms with E-state index in [4.69, 9.17) is 4.74 Å². The number of thiophene rings is 1. The molecule has 0 spiro atoms. The first-order valence-corrected chi connectivity index (χ1v) is 13.6. The molecule has 2 aromatic carbocycles. The molecule has 194 valence electrons. The Labute approximate surface area is 218 Å². The van der Waals surface area contributed by atoms with Crippen LogP contribution < -0.4 is 20.1 Å². The van der Waals surface area contributed by atoms with Crippen LogP contribution in [0.15, 0.2) is 53.4 Å². The van der Waals surface area contributed by atoms with Crippen LogP contribution in [0.4, 0.5) is 15.5 Å². The van der Waals surface area contributed by atoms with Gasteiger partial charge >= 0.3 is 6.09 Å². The predicted octanol–water partition coefficient (Wildman–Crippen LogP) is 4.18. The number of ether oxygens (including phenoxy) is 2. The lowest BCUT2D eigenvalue weighted by atomic mass is 9.95. The molecule has 0 radical (unpaired) electrons. The predicted molar refractivity (Wildman–Crippen MR) is 139 cm³/mol. The molecule has 0 bridgehead atoms. The smallest absolute Gasteiger partial charge is 0.413 e. The number of amides is 3. The van der Waals surface area contributed by atoms with E-state index in [1.165, 1.54) is 54.8 Å². The number of aryl methyl sites for hydroxylation is 1. The molecule has 37 heavy (non-hydrogen) atoms. The van der Waals surface area contributed by atoms with Gasteiger partial charge in [0.25, 0.3) is 21.8 Å². The van der Waals surface area contributed by atoms with Crippen LogP contribution in [-0.4, -0.2) is 40.5 Å². The van der Waals surface area contributed by atoms with E-state index in [2.05, 4.69) is 20.1 Å². The van der Waals surface area contributed by atoms with Crippen molar-refractivity contribution in [2.45, 2.75) is 30.6 Å². The van der Waals surface area contributed by atoms with E-state index in [1.54, 1.807) is 12.1 Å². The second-order valence-corrected chi connectivity index (χ2v) is 11.0. The van der Waals surface area contributed by atoms with Crippen LogP contribution in [0.25, 0.3) is 0 Å². The minimum atomic E-state index is -3.84. The molecule has 0 aliphatic heterocycles. The number of nitrogens with one attached hydrogen (secondary N) is 3. The highest BCUT2D eigenvalue weighted by molar-refractivity contribution is 7.92. The summed E-state index contributed by atoms with van der Waals surface area (Å²) in [5.74, 6) is -0.577. The number of fused-ring (bicyclic) bond motifs is 1. The van der Waals surface area contributed by atoms with Crippen LogP contribution in [0.3, 0.4) is 0 Å². The van der Waals surface area contributed by atoms with Gasteiger partial charge in [0.1, 0.15) is 10.8 Å². The van der Waals surface area contributed by atoms with Gasteiger partial charge in [-0.2, -0.15) is 0 Å². The van der Waals surface area contributed by atoms with Gasteiger partial charge in [-0.15, -0.1) is 11.3 Å². The topological polar surface area (TPSA) is 140 Å².